The number of carbonyl (C=O) groups is 1. The Labute approximate surface area is 139 Å². The van der Waals surface area contributed by atoms with Crippen LogP contribution in [0.25, 0.3) is 6.08 Å². The van der Waals surface area contributed by atoms with Crippen molar-refractivity contribution in [2.45, 2.75) is 12.7 Å². The van der Waals surface area contributed by atoms with Crippen molar-refractivity contribution < 1.29 is 24.9 Å². The van der Waals surface area contributed by atoms with E-state index in [2.05, 4.69) is 0 Å². The van der Waals surface area contributed by atoms with Gasteiger partial charge in [0.2, 0.25) is 0 Å². The van der Waals surface area contributed by atoms with E-state index in [1.165, 1.54) is 6.08 Å². The zero-order valence-corrected chi connectivity index (χ0v) is 12.9. The van der Waals surface area contributed by atoms with Gasteiger partial charge in [0.1, 0.15) is 18.5 Å². The van der Waals surface area contributed by atoms with Crippen LogP contribution in [-0.2, 0) is 11.4 Å². The van der Waals surface area contributed by atoms with E-state index in [4.69, 9.17) is 20.7 Å². The third-order valence-electron chi connectivity index (χ3n) is 3.44. The number of nitrogens with two attached hydrogens (primary N) is 1. The Morgan fingerprint density at radius 3 is 2.54 bits per heavy atom. The van der Waals surface area contributed by atoms with Crippen LogP contribution in [0.3, 0.4) is 0 Å². The molecule has 0 spiro atoms. The standard InChI is InChI=1S/C18H19NO5/c19-18-14(7-9-17(22)23)13(15(21)10-20)6-8-16(18)24-11-12-4-2-1-3-5-12/h1-9,15,20-21H,10-11,19H2,(H,22,23)/b9-7-. The van der Waals surface area contributed by atoms with Crippen molar-refractivity contribution in [1.29, 1.82) is 0 Å². The first kappa shape index (κ1) is 17.5. The monoisotopic (exact) mass is 329 g/mol. The fourth-order valence-electron chi connectivity index (χ4n) is 2.22. The molecule has 0 fully saturated rings. The quantitative estimate of drug-likeness (QED) is 0.456. The molecule has 0 bridgehead atoms. The number of benzene rings is 2. The number of nitrogen functional groups attached to an aromatic ring is 1. The molecule has 1 unspecified atom stereocenters. The Morgan fingerprint density at radius 1 is 1.21 bits per heavy atom. The summed E-state index contributed by atoms with van der Waals surface area (Å²) in [5, 5.41) is 27.8. The molecule has 1 atom stereocenters. The fourth-order valence-corrected chi connectivity index (χ4v) is 2.22. The highest BCUT2D eigenvalue weighted by Gasteiger charge is 2.16. The van der Waals surface area contributed by atoms with Crippen LogP contribution in [0.1, 0.15) is 22.8 Å². The maximum absolute atomic E-state index is 10.8. The highest BCUT2D eigenvalue weighted by atomic mass is 16.5. The Hall–Kier alpha value is -2.83. The summed E-state index contributed by atoms with van der Waals surface area (Å²) in [6, 6.07) is 12.6. The molecule has 0 saturated heterocycles. The van der Waals surface area contributed by atoms with Gasteiger partial charge in [-0.2, -0.15) is 0 Å². The van der Waals surface area contributed by atoms with Gasteiger partial charge in [0.05, 0.1) is 12.3 Å². The SMILES string of the molecule is Nc1c(OCc2ccccc2)ccc(C(O)CO)c1/C=C\C(=O)O. The van der Waals surface area contributed by atoms with E-state index in [1.54, 1.807) is 12.1 Å². The first-order valence-electron chi connectivity index (χ1n) is 7.32. The van der Waals surface area contributed by atoms with Crippen LogP contribution in [0.5, 0.6) is 5.75 Å². The number of rotatable bonds is 7. The summed E-state index contributed by atoms with van der Waals surface area (Å²) in [6.45, 7) is -0.202. The zero-order valence-electron chi connectivity index (χ0n) is 12.9. The van der Waals surface area contributed by atoms with Crippen LogP contribution >= 0.6 is 0 Å². The maximum Gasteiger partial charge on any atom is 0.328 e. The molecule has 0 heterocycles. The first-order chi connectivity index (χ1) is 11.5. The van der Waals surface area contributed by atoms with Gasteiger partial charge in [-0.25, -0.2) is 4.79 Å². The topological polar surface area (TPSA) is 113 Å². The summed E-state index contributed by atoms with van der Waals surface area (Å²) >= 11 is 0. The minimum atomic E-state index is -1.16. The van der Waals surface area contributed by atoms with Crippen LogP contribution in [-0.4, -0.2) is 27.9 Å². The van der Waals surface area contributed by atoms with E-state index in [1.807, 2.05) is 30.3 Å². The van der Waals surface area contributed by atoms with Crippen molar-refractivity contribution in [2.75, 3.05) is 12.3 Å². The number of ether oxygens (including phenoxy) is 1. The largest absolute Gasteiger partial charge is 0.487 e. The predicted molar refractivity (Wildman–Crippen MR) is 90.3 cm³/mol. The van der Waals surface area contributed by atoms with Gasteiger partial charge in [0, 0.05) is 11.6 Å². The maximum atomic E-state index is 10.8. The van der Waals surface area contributed by atoms with Crippen molar-refractivity contribution in [3.05, 3.63) is 65.2 Å². The van der Waals surface area contributed by atoms with Gasteiger partial charge < -0.3 is 25.8 Å². The summed E-state index contributed by atoms with van der Waals surface area (Å²) in [4.78, 5) is 10.8. The summed E-state index contributed by atoms with van der Waals surface area (Å²) in [5.74, 6) is -0.771. The van der Waals surface area contributed by atoms with Crippen molar-refractivity contribution in [2.24, 2.45) is 0 Å². The lowest BCUT2D eigenvalue weighted by Crippen LogP contribution is -2.08. The second-order valence-corrected chi connectivity index (χ2v) is 5.12. The molecule has 2 aromatic rings. The molecule has 0 aliphatic carbocycles. The molecular weight excluding hydrogens is 310 g/mol. The van der Waals surface area contributed by atoms with Crippen LogP contribution in [0.4, 0.5) is 5.69 Å². The molecule has 0 radical (unpaired) electrons. The number of anilines is 1. The van der Waals surface area contributed by atoms with E-state index in [0.717, 1.165) is 11.6 Å². The summed E-state index contributed by atoms with van der Waals surface area (Å²) in [7, 11) is 0. The van der Waals surface area contributed by atoms with Crippen LogP contribution < -0.4 is 10.5 Å². The average molecular weight is 329 g/mol. The van der Waals surface area contributed by atoms with E-state index in [-0.39, 0.29) is 5.69 Å². The molecule has 0 aromatic heterocycles. The summed E-state index contributed by atoms with van der Waals surface area (Å²) < 4.78 is 5.69. The van der Waals surface area contributed by atoms with E-state index in [0.29, 0.717) is 23.5 Å². The summed E-state index contributed by atoms with van der Waals surface area (Å²) in [5.41, 5.74) is 7.87. The Bertz CT molecular complexity index is 728. The Morgan fingerprint density at radius 2 is 1.92 bits per heavy atom. The predicted octanol–water partition coefficient (Wildman–Crippen LogP) is 1.97. The minimum absolute atomic E-state index is 0.202. The second-order valence-electron chi connectivity index (χ2n) is 5.12. The van der Waals surface area contributed by atoms with Crippen molar-refractivity contribution >= 4 is 17.7 Å². The Balaban J connectivity index is 2.32. The molecule has 0 aliphatic rings. The van der Waals surface area contributed by atoms with Gasteiger partial charge in [-0.1, -0.05) is 36.4 Å². The van der Waals surface area contributed by atoms with Gasteiger partial charge >= 0.3 is 5.97 Å². The van der Waals surface area contributed by atoms with Gasteiger partial charge in [0.15, 0.2) is 0 Å². The van der Waals surface area contributed by atoms with Crippen LogP contribution in [0.15, 0.2) is 48.5 Å². The number of carboxylic acid groups (broad SMARTS) is 1. The smallest absolute Gasteiger partial charge is 0.328 e. The molecule has 0 aliphatic heterocycles. The zero-order chi connectivity index (χ0) is 17.5. The van der Waals surface area contributed by atoms with Crippen LogP contribution in [0.2, 0.25) is 0 Å². The van der Waals surface area contributed by atoms with Crippen molar-refractivity contribution in [3.8, 4) is 5.75 Å². The third kappa shape index (κ3) is 4.34. The molecule has 0 saturated carbocycles. The second kappa shape index (κ2) is 8.14. The fraction of sp³-hybridized carbons (Fsp3) is 0.167. The van der Waals surface area contributed by atoms with E-state index >= 15 is 0 Å². The molecule has 2 rings (SSSR count). The third-order valence-corrected chi connectivity index (χ3v) is 3.44. The number of hydrogen-bond acceptors (Lipinski definition) is 5. The van der Waals surface area contributed by atoms with Crippen molar-refractivity contribution in [3.63, 3.8) is 0 Å². The van der Waals surface area contributed by atoms with Crippen molar-refractivity contribution in [1.82, 2.24) is 0 Å². The van der Waals surface area contributed by atoms with Gasteiger partial charge in [0.25, 0.3) is 0 Å². The van der Waals surface area contributed by atoms with Crippen LogP contribution in [0, 0.1) is 0 Å². The Kier molecular flexibility index (Phi) is 5.95. The molecule has 0 amide bonds. The number of carboxylic acids is 1. The first-order valence-corrected chi connectivity index (χ1v) is 7.32. The lowest BCUT2D eigenvalue weighted by Gasteiger charge is -2.17. The average Bonchev–Trinajstić information content (AvgIpc) is 2.59. The molecule has 6 nitrogen and oxygen atoms in total. The lowest BCUT2D eigenvalue weighted by atomic mass is 9.99. The molecule has 24 heavy (non-hydrogen) atoms. The summed E-state index contributed by atoms with van der Waals surface area (Å²) in [6.07, 6.45) is 1.03. The highest BCUT2D eigenvalue weighted by Crippen LogP contribution is 2.33. The molecular formula is C18H19NO5. The molecule has 126 valence electrons. The highest BCUT2D eigenvalue weighted by molar-refractivity contribution is 5.88. The number of aliphatic carboxylic acids is 1. The van der Waals surface area contributed by atoms with Gasteiger partial charge in [-0.15, -0.1) is 0 Å². The molecule has 2 aromatic carbocycles. The van der Waals surface area contributed by atoms with Gasteiger partial charge in [-0.3, -0.25) is 0 Å². The number of hydrogen-bond donors (Lipinski definition) is 4. The number of aliphatic hydroxyl groups is 2. The van der Waals surface area contributed by atoms with Gasteiger partial charge in [-0.05, 0) is 23.3 Å². The number of aliphatic hydroxyl groups excluding tert-OH is 2. The molecule has 5 N–H and O–H groups in total. The van der Waals surface area contributed by atoms with E-state index < -0.39 is 18.7 Å². The van der Waals surface area contributed by atoms with E-state index in [9.17, 15) is 9.90 Å². The molecule has 6 heteroatoms. The lowest BCUT2D eigenvalue weighted by molar-refractivity contribution is -0.131. The minimum Gasteiger partial charge on any atom is -0.487 e. The normalized spacial score (nSPS) is 12.2.